The van der Waals surface area contributed by atoms with Gasteiger partial charge in [-0.2, -0.15) is 13.2 Å². The average molecular weight is 432 g/mol. The minimum absolute atomic E-state index is 0.0434. The number of ether oxygens (including phenoxy) is 1. The molecule has 1 saturated carbocycles. The third-order valence-corrected chi connectivity index (χ3v) is 5.90. The lowest BCUT2D eigenvalue weighted by Crippen LogP contribution is -2.53. The molecule has 7 nitrogen and oxygen atoms in total. The quantitative estimate of drug-likeness (QED) is 0.760. The standard InChI is InChI=1S/C18H26N2O3.C2HF3O2/c21-18(19-15-3-1-2-4-15)14-9-17-16(6-8-23-17)20(11-14)10-13-5-7-22-12-13;3-2(4,5)1(6)7/h5,7,12,14-17H,1-4,6,8-11H2,(H,19,21);(H,6,7)/t14-,16+,17+;/m0./s1. The fourth-order valence-corrected chi connectivity index (χ4v) is 4.43. The average Bonchev–Trinajstić information content (AvgIpc) is 3.44. The largest absolute Gasteiger partial charge is 0.490 e. The van der Waals surface area contributed by atoms with Crippen molar-refractivity contribution in [3.05, 3.63) is 24.2 Å². The molecule has 30 heavy (non-hydrogen) atoms. The van der Waals surface area contributed by atoms with Crippen LogP contribution in [0.3, 0.4) is 0 Å². The van der Waals surface area contributed by atoms with Gasteiger partial charge < -0.3 is 19.6 Å². The van der Waals surface area contributed by atoms with E-state index in [0.29, 0.717) is 12.1 Å². The van der Waals surface area contributed by atoms with Crippen LogP contribution in [0.1, 0.15) is 44.1 Å². The maximum Gasteiger partial charge on any atom is 0.490 e. The number of rotatable bonds is 4. The Hall–Kier alpha value is -2.07. The maximum atomic E-state index is 12.7. The first-order valence-corrected chi connectivity index (χ1v) is 10.2. The van der Waals surface area contributed by atoms with E-state index >= 15 is 0 Å². The Morgan fingerprint density at radius 1 is 1.23 bits per heavy atom. The molecule has 1 aromatic heterocycles. The molecule has 0 unspecified atom stereocenters. The Kier molecular flexibility index (Phi) is 7.41. The van der Waals surface area contributed by atoms with Crippen LogP contribution >= 0.6 is 0 Å². The molecule has 3 heterocycles. The topological polar surface area (TPSA) is 92.0 Å². The van der Waals surface area contributed by atoms with Crippen molar-refractivity contribution in [3.63, 3.8) is 0 Å². The first-order valence-electron chi connectivity index (χ1n) is 10.2. The van der Waals surface area contributed by atoms with Crippen molar-refractivity contribution in [1.82, 2.24) is 10.2 Å². The summed E-state index contributed by atoms with van der Waals surface area (Å²) >= 11 is 0. The minimum Gasteiger partial charge on any atom is -0.475 e. The number of carbonyl (C=O) groups excluding carboxylic acids is 1. The zero-order chi connectivity index (χ0) is 21.7. The molecular formula is C20H27F3N2O5. The third-order valence-electron chi connectivity index (χ3n) is 5.90. The summed E-state index contributed by atoms with van der Waals surface area (Å²) in [6.07, 6.45) is 5.34. The van der Waals surface area contributed by atoms with Gasteiger partial charge in [0.2, 0.25) is 5.91 Å². The predicted octanol–water partition coefficient (Wildman–Crippen LogP) is 2.95. The maximum absolute atomic E-state index is 12.7. The van der Waals surface area contributed by atoms with Crippen molar-refractivity contribution in [2.75, 3.05) is 13.2 Å². The lowest BCUT2D eigenvalue weighted by molar-refractivity contribution is -0.192. The van der Waals surface area contributed by atoms with Crippen LogP contribution < -0.4 is 5.32 Å². The number of carbonyl (C=O) groups is 2. The number of hydrogen-bond acceptors (Lipinski definition) is 5. The fourth-order valence-electron chi connectivity index (χ4n) is 4.43. The van der Waals surface area contributed by atoms with Crippen LogP contribution in [0.4, 0.5) is 13.2 Å². The van der Waals surface area contributed by atoms with Crippen LogP contribution in [0, 0.1) is 5.92 Å². The van der Waals surface area contributed by atoms with Crippen molar-refractivity contribution in [2.24, 2.45) is 5.92 Å². The van der Waals surface area contributed by atoms with Crippen LogP contribution in [0.2, 0.25) is 0 Å². The van der Waals surface area contributed by atoms with E-state index in [1.54, 1.807) is 12.5 Å². The first kappa shape index (κ1) is 22.6. The van der Waals surface area contributed by atoms with E-state index in [9.17, 15) is 18.0 Å². The van der Waals surface area contributed by atoms with Crippen molar-refractivity contribution >= 4 is 11.9 Å². The molecular weight excluding hydrogens is 405 g/mol. The van der Waals surface area contributed by atoms with Crippen molar-refractivity contribution in [1.29, 1.82) is 0 Å². The molecule has 0 bridgehead atoms. The zero-order valence-corrected chi connectivity index (χ0v) is 16.6. The van der Waals surface area contributed by atoms with Crippen molar-refractivity contribution < 1.29 is 37.0 Å². The van der Waals surface area contributed by atoms with Gasteiger partial charge in [0, 0.05) is 37.3 Å². The van der Waals surface area contributed by atoms with Crippen LogP contribution in [0.15, 0.2) is 23.0 Å². The summed E-state index contributed by atoms with van der Waals surface area (Å²) < 4.78 is 42.8. The molecule has 1 aliphatic carbocycles. The monoisotopic (exact) mass is 432 g/mol. The van der Waals surface area contributed by atoms with E-state index in [1.165, 1.54) is 18.4 Å². The highest BCUT2D eigenvalue weighted by molar-refractivity contribution is 5.79. The van der Waals surface area contributed by atoms with Gasteiger partial charge in [-0.1, -0.05) is 12.8 Å². The van der Waals surface area contributed by atoms with E-state index in [2.05, 4.69) is 10.2 Å². The van der Waals surface area contributed by atoms with E-state index in [-0.39, 0.29) is 17.9 Å². The van der Waals surface area contributed by atoms with Crippen LogP contribution in [-0.2, 0) is 20.9 Å². The Morgan fingerprint density at radius 3 is 2.53 bits per heavy atom. The number of hydrogen-bond donors (Lipinski definition) is 2. The number of carboxylic acids is 1. The summed E-state index contributed by atoms with van der Waals surface area (Å²) in [5.41, 5.74) is 1.17. The van der Waals surface area contributed by atoms with Gasteiger partial charge in [0.15, 0.2) is 0 Å². The van der Waals surface area contributed by atoms with Crippen molar-refractivity contribution in [3.8, 4) is 0 Å². The number of likely N-dealkylation sites (tertiary alicyclic amines) is 1. The number of furan rings is 1. The summed E-state index contributed by atoms with van der Waals surface area (Å²) in [7, 11) is 0. The summed E-state index contributed by atoms with van der Waals surface area (Å²) in [4.78, 5) is 24.0. The van der Waals surface area contributed by atoms with Gasteiger partial charge in [0.05, 0.1) is 24.5 Å². The molecule has 168 valence electrons. The number of aliphatic carboxylic acids is 1. The minimum atomic E-state index is -5.08. The van der Waals surface area contributed by atoms with Gasteiger partial charge in [-0.25, -0.2) is 4.79 Å². The van der Waals surface area contributed by atoms with Crippen LogP contribution in [-0.4, -0.2) is 59.4 Å². The predicted molar refractivity (Wildman–Crippen MR) is 99.5 cm³/mol. The Morgan fingerprint density at radius 2 is 1.93 bits per heavy atom. The summed E-state index contributed by atoms with van der Waals surface area (Å²) in [6, 6.07) is 2.85. The third kappa shape index (κ3) is 5.98. The second-order valence-electron chi connectivity index (χ2n) is 8.05. The lowest BCUT2D eigenvalue weighted by Gasteiger charge is -2.40. The van der Waals surface area contributed by atoms with Crippen LogP contribution in [0.5, 0.6) is 0 Å². The van der Waals surface area contributed by atoms with Gasteiger partial charge >= 0.3 is 12.1 Å². The number of nitrogens with one attached hydrogen (secondary N) is 1. The second-order valence-corrected chi connectivity index (χ2v) is 8.05. The highest BCUT2D eigenvalue weighted by Gasteiger charge is 2.42. The van der Waals surface area contributed by atoms with Gasteiger partial charge in [-0.3, -0.25) is 9.69 Å². The Bertz CT molecular complexity index is 704. The molecule has 0 aromatic carbocycles. The number of alkyl halides is 3. The number of halogens is 3. The first-order chi connectivity index (χ1) is 14.2. The Labute approximate surface area is 172 Å². The summed E-state index contributed by atoms with van der Waals surface area (Å²) in [5.74, 6) is -2.49. The highest BCUT2D eigenvalue weighted by atomic mass is 19.4. The van der Waals surface area contributed by atoms with E-state index in [0.717, 1.165) is 45.4 Å². The molecule has 0 radical (unpaired) electrons. The SMILES string of the molecule is O=C(NC1CCCC1)[C@H]1C[C@H]2OCC[C@H]2N(Cc2ccoc2)C1.O=C(O)C(F)(F)F. The number of amides is 1. The molecule has 2 N–H and O–H groups in total. The van der Waals surface area contributed by atoms with Gasteiger partial charge in [-0.15, -0.1) is 0 Å². The van der Waals surface area contributed by atoms with Gasteiger partial charge in [0.1, 0.15) is 0 Å². The lowest BCUT2D eigenvalue weighted by atomic mass is 9.89. The molecule has 3 fully saturated rings. The number of fused-ring (bicyclic) bond motifs is 1. The Balaban J connectivity index is 0.000000318. The zero-order valence-electron chi connectivity index (χ0n) is 16.6. The molecule has 3 aliphatic rings. The molecule has 1 aromatic rings. The summed E-state index contributed by atoms with van der Waals surface area (Å²) in [6.45, 7) is 2.48. The molecule has 2 saturated heterocycles. The molecule has 3 atom stereocenters. The number of nitrogens with zero attached hydrogens (tertiary/aromatic N) is 1. The van der Waals surface area contributed by atoms with E-state index < -0.39 is 12.1 Å². The molecule has 10 heteroatoms. The normalized spacial score (nSPS) is 27.2. The van der Waals surface area contributed by atoms with Crippen molar-refractivity contribution in [2.45, 2.75) is 69.4 Å². The number of carboxylic acid groups (broad SMARTS) is 1. The smallest absolute Gasteiger partial charge is 0.475 e. The van der Waals surface area contributed by atoms with E-state index in [1.807, 2.05) is 6.07 Å². The van der Waals surface area contributed by atoms with E-state index in [4.69, 9.17) is 19.1 Å². The van der Waals surface area contributed by atoms with Gasteiger partial charge in [-0.05, 0) is 31.7 Å². The highest BCUT2D eigenvalue weighted by Crippen LogP contribution is 2.33. The van der Waals surface area contributed by atoms with Gasteiger partial charge in [0.25, 0.3) is 0 Å². The molecule has 0 spiro atoms. The van der Waals surface area contributed by atoms with Crippen LogP contribution in [0.25, 0.3) is 0 Å². The second kappa shape index (κ2) is 9.82. The number of piperidine rings is 1. The molecule has 2 aliphatic heterocycles. The summed E-state index contributed by atoms with van der Waals surface area (Å²) in [5, 5.41) is 10.4. The molecule has 4 rings (SSSR count). The molecule has 1 amide bonds. The fraction of sp³-hybridized carbons (Fsp3) is 0.700.